The van der Waals surface area contributed by atoms with Crippen LogP contribution in [0.4, 0.5) is 0 Å². The Morgan fingerprint density at radius 2 is 1.67 bits per heavy atom. The van der Waals surface area contributed by atoms with Crippen molar-refractivity contribution in [2.75, 3.05) is 40.5 Å². The highest BCUT2D eigenvalue weighted by molar-refractivity contribution is 6.12. The first-order valence-corrected chi connectivity index (χ1v) is 14.2. The van der Waals surface area contributed by atoms with Crippen molar-refractivity contribution < 1.29 is 28.7 Å². The largest absolute Gasteiger partial charge is 0.380 e. The molecule has 3 amide bonds. The second-order valence-electron chi connectivity index (χ2n) is 11.3. The summed E-state index contributed by atoms with van der Waals surface area (Å²) in [6, 6.07) is 14.8. The van der Waals surface area contributed by atoms with Gasteiger partial charge in [0.25, 0.3) is 17.7 Å². The summed E-state index contributed by atoms with van der Waals surface area (Å²) in [6.07, 6.45) is 1.86. The second-order valence-corrected chi connectivity index (χ2v) is 11.3. The van der Waals surface area contributed by atoms with Gasteiger partial charge in [-0.05, 0) is 61.7 Å². The molecule has 3 N–H and O–H groups in total. The van der Waals surface area contributed by atoms with Crippen LogP contribution in [0.25, 0.3) is 0 Å². The van der Waals surface area contributed by atoms with Crippen LogP contribution in [-0.4, -0.2) is 74.9 Å². The number of rotatable bonds is 10. The molecule has 2 atom stereocenters. The van der Waals surface area contributed by atoms with Crippen LogP contribution in [0.5, 0.6) is 0 Å². The van der Waals surface area contributed by atoms with Crippen molar-refractivity contribution in [3.63, 3.8) is 0 Å². The van der Waals surface area contributed by atoms with Gasteiger partial charge in [0.05, 0.1) is 13.2 Å². The molecule has 0 aliphatic carbocycles. The number of amides is 3. The van der Waals surface area contributed by atoms with E-state index in [-0.39, 0.29) is 5.41 Å². The number of hydrogen-bond donors (Lipinski definition) is 3. The van der Waals surface area contributed by atoms with Crippen LogP contribution in [0, 0.1) is 17.3 Å². The van der Waals surface area contributed by atoms with E-state index in [1.165, 1.54) is 26.6 Å². The zero-order valence-electron chi connectivity index (χ0n) is 24.7. The average Bonchev–Trinajstić information content (AvgIpc) is 3.01. The van der Waals surface area contributed by atoms with Crippen molar-refractivity contribution in [3.05, 3.63) is 70.8 Å². The highest BCUT2D eigenvalue weighted by Gasteiger charge is 2.47. The predicted molar refractivity (Wildman–Crippen MR) is 157 cm³/mol. The van der Waals surface area contributed by atoms with Crippen LogP contribution >= 0.6 is 0 Å². The van der Waals surface area contributed by atoms with Crippen molar-refractivity contribution in [3.8, 4) is 11.8 Å². The van der Waals surface area contributed by atoms with Crippen molar-refractivity contribution in [2.45, 2.75) is 51.5 Å². The average molecular weight is 577 g/mol. The number of likely N-dealkylation sites (N-methyl/N-ethyl adjacent to an activating group) is 2. The smallest absolute Gasteiger partial charge is 0.279 e. The predicted octanol–water partition coefficient (Wildman–Crippen LogP) is 2.36. The Balaban J connectivity index is 1.35. The Bertz CT molecular complexity index is 1310. The maximum Gasteiger partial charge on any atom is 0.279 e. The molecule has 2 aromatic rings. The van der Waals surface area contributed by atoms with Crippen molar-refractivity contribution in [1.29, 1.82) is 0 Å². The molecule has 224 valence electrons. The third-order valence-corrected chi connectivity index (χ3v) is 7.73. The Hall–Kier alpha value is -3.75. The van der Waals surface area contributed by atoms with Gasteiger partial charge in [0.2, 0.25) is 0 Å². The summed E-state index contributed by atoms with van der Waals surface area (Å²) < 4.78 is 10.8. The Morgan fingerprint density at radius 1 is 1.02 bits per heavy atom. The molecule has 4 rings (SSSR count). The zero-order chi connectivity index (χ0) is 30.2. The summed E-state index contributed by atoms with van der Waals surface area (Å²) in [6.45, 7) is 7.44. The summed E-state index contributed by atoms with van der Waals surface area (Å²) in [5, 5.41) is 5.96. The molecule has 0 aromatic heterocycles. The van der Waals surface area contributed by atoms with Gasteiger partial charge in [-0.2, -0.15) is 0 Å². The molecule has 1 unspecified atom stereocenters. The number of ether oxygens (including phenoxy) is 2. The molecule has 0 saturated carbocycles. The summed E-state index contributed by atoms with van der Waals surface area (Å²) in [5.74, 6) is 4.32. The van der Waals surface area contributed by atoms with Gasteiger partial charge in [-0.15, -0.1) is 0 Å². The molecule has 0 spiro atoms. The van der Waals surface area contributed by atoms with Gasteiger partial charge >= 0.3 is 0 Å². The molecule has 2 aliphatic rings. The van der Waals surface area contributed by atoms with E-state index >= 15 is 0 Å². The highest BCUT2D eigenvalue weighted by atomic mass is 16.8. The second kappa shape index (κ2) is 13.9. The minimum Gasteiger partial charge on any atom is -0.380 e. The van der Waals surface area contributed by atoms with Gasteiger partial charge in [-0.1, -0.05) is 30.9 Å². The molecular formula is C32H40N4O6. The molecule has 2 aromatic carbocycles. The number of hydrogen-bond acceptors (Lipinski definition) is 7. The van der Waals surface area contributed by atoms with E-state index in [0.29, 0.717) is 18.6 Å². The molecule has 2 heterocycles. The van der Waals surface area contributed by atoms with Gasteiger partial charge in [-0.25, -0.2) is 10.3 Å². The SMILES string of the molecule is CNC(=O)[C@@](C)(C(=O)NOC1CCCCO1)N(C)C(=O)c1ccc(C#Cc2ccc(CNCC3(C)COC3)cc2)cc1. The number of carbonyl (C=O) groups excluding carboxylic acids is 3. The summed E-state index contributed by atoms with van der Waals surface area (Å²) in [7, 11) is 2.81. The van der Waals surface area contributed by atoms with Crippen LogP contribution in [0.3, 0.4) is 0 Å². The fourth-order valence-electron chi connectivity index (χ4n) is 4.68. The monoisotopic (exact) mass is 576 g/mol. The van der Waals surface area contributed by atoms with Crippen LogP contribution in [0.1, 0.15) is 60.2 Å². The van der Waals surface area contributed by atoms with Crippen LogP contribution < -0.4 is 16.1 Å². The molecule has 10 heteroatoms. The summed E-state index contributed by atoms with van der Waals surface area (Å²) >= 11 is 0. The van der Waals surface area contributed by atoms with Crippen LogP contribution in [-0.2, 0) is 30.4 Å². The van der Waals surface area contributed by atoms with Gasteiger partial charge in [-0.3, -0.25) is 14.4 Å². The normalized spacial score (nSPS) is 18.8. The Morgan fingerprint density at radius 3 is 2.21 bits per heavy atom. The first-order chi connectivity index (χ1) is 20.1. The van der Waals surface area contributed by atoms with Gasteiger partial charge < -0.3 is 25.0 Å². The topological polar surface area (TPSA) is 118 Å². The maximum absolute atomic E-state index is 13.3. The minimum absolute atomic E-state index is 0.234. The van der Waals surface area contributed by atoms with Gasteiger partial charge in [0, 0.05) is 62.3 Å². The van der Waals surface area contributed by atoms with E-state index in [9.17, 15) is 14.4 Å². The first-order valence-electron chi connectivity index (χ1n) is 14.2. The van der Waals surface area contributed by atoms with Gasteiger partial charge in [0.1, 0.15) is 0 Å². The molecule has 10 nitrogen and oxygen atoms in total. The van der Waals surface area contributed by atoms with E-state index in [2.05, 4.69) is 47.0 Å². The van der Waals surface area contributed by atoms with Crippen LogP contribution in [0.15, 0.2) is 48.5 Å². The highest BCUT2D eigenvalue weighted by Crippen LogP contribution is 2.25. The van der Waals surface area contributed by atoms with Crippen molar-refractivity contribution >= 4 is 17.7 Å². The first kappa shape index (κ1) is 31.2. The van der Waals surface area contributed by atoms with Gasteiger partial charge in [0.15, 0.2) is 11.8 Å². The van der Waals surface area contributed by atoms with E-state index in [4.69, 9.17) is 14.3 Å². The third kappa shape index (κ3) is 7.55. The van der Waals surface area contributed by atoms with E-state index in [1.54, 1.807) is 24.3 Å². The fourth-order valence-corrected chi connectivity index (χ4v) is 4.68. The van der Waals surface area contributed by atoms with E-state index in [1.807, 2.05) is 12.1 Å². The fraction of sp³-hybridized carbons (Fsp3) is 0.469. The Labute approximate surface area is 247 Å². The summed E-state index contributed by atoms with van der Waals surface area (Å²) in [4.78, 5) is 45.8. The molecular weight excluding hydrogens is 536 g/mol. The van der Waals surface area contributed by atoms with Crippen LogP contribution in [0.2, 0.25) is 0 Å². The van der Waals surface area contributed by atoms with Crippen molar-refractivity contribution in [1.82, 2.24) is 21.0 Å². The molecule has 42 heavy (non-hydrogen) atoms. The lowest BCUT2D eigenvalue weighted by atomic mass is 9.89. The molecule has 2 aliphatic heterocycles. The van der Waals surface area contributed by atoms with Crippen molar-refractivity contribution in [2.24, 2.45) is 5.41 Å². The number of benzene rings is 2. The number of hydroxylamine groups is 1. The number of carbonyl (C=O) groups is 3. The number of nitrogens with zero attached hydrogens (tertiary/aromatic N) is 1. The maximum atomic E-state index is 13.3. The lowest BCUT2D eigenvalue weighted by molar-refractivity contribution is -0.204. The Kier molecular flexibility index (Phi) is 10.4. The lowest BCUT2D eigenvalue weighted by Crippen LogP contribution is -2.65. The van der Waals surface area contributed by atoms with E-state index in [0.717, 1.165) is 55.2 Å². The molecule has 2 fully saturated rings. The third-order valence-electron chi connectivity index (χ3n) is 7.73. The zero-order valence-corrected chi connectivity index (χ0v) is 24.7. The quantitative estimate of drug-likeness (QED) is 0.226. The standard InChI is InChI=1S/C32H40N4O6/c1-31(21-40-22-31)20-34-19-25-12-10-23(11-13-25)8-9-24-14-16-26(17-15-24)28(37)36(4)32(2,29(38)33-3)30(39)35-42-27-7-5-6-18-41-27/h10-17,27,34H,5-7,18-22H2,1-4H3,(H,33,38)(H,35,39)/t27?,32-/m0/s1. The minimum atomic E-state index is -1.87. The van der Waals surface area contributed by atoms with E-state index < -0.39 is 29.6 Å². The summed E-state index contributed by atoms with van der Waals surface area (Å²) in [5.41, 5.74) is 3.78. The number of nitrogens with one attached hydrogen (secondary N) is 3. The molecule has 0 radical (unpaired) electrons. The lowest BCUT2D eigenvalue weighted by Gasteiger charge is -2.38. The molecule has 0 bridgehead atoms. The molecule has 2 saturated heterocycles.